The van der Waals surface area contributed by atoms with Gasteiger partial charge in [0.1, 0.15) is 5.75 Å². The van der Waals surface area contributed by atoms with Gasteiger partial charge in [0.05, 0.1) is 7.11 Å². The van der Waals surface area contributed by atoms with Crippen molar-refractivity contribution < 1.29 is 4.74 Å². The van der Waals surface area contributed by atoms with Crippen LogP contribution >= 0.6 is 0 Å². The van der Waals surface area contributed by atoms with Crippen LogP contribution in [0.2, 0.25) is 0 Å². The van der Waals surface area contributed by atoms with E-state index in [1.807, 2.05) is 0 Å². The van der Waals surface area contributed by atoms with E-state index in [1.54, 1.807) is 18.4 Å². The summed E-state index contributed by atoms with van der Waals surface area (Å²) in [5.41, 5.74) is 4.58. The second kappa shape index (κ2) is 4.04. The van der Waals surface area contributed by atoms with Gasteiger partial charge < -0.3 is 9.30 Å². The molecule has 1 aromatic heterocycles. The normalized spacial score (nSPS) is 30.7. The molecule has 1 saturated carbocycles. The number of hydrogen-bond acceptors (Lipinski definition) is 2. The fourth-order valence-electron chi connectivity index (χ4n) is 5.33. The first kappa shape index (κ1) is 12.1. The summed E-state index contributed by atoms with van der Waals surface area (Å²) in [6.07, 6.45) is 4.02. The molecule has 0 amide bonds. The smallest absolute Gasteiger partial charge is 0.119 e. The van der Waals surface area contributed by atoms with Crippen LogP contribution in [0.3, 0.4) is 0 Å². The molecule has 1 saturated heterocycles. The number of nitrogens with zero attached hydrogens (tertiary/aromatic N) is 2. The van der Waals surface area contributed by atoms with Crippen LogP contribution in [-0.4, -0.2) is 35.7 Å². The number of hydrogen-bond donors (Lipinski definition) is 0. The van der Waals surface area contributed by atoms with Gasteiger partial charge in [-0.3, -0.25) is 4.90 Å². The number of ether oxygens (including phenoxy) is 1. The van der Waals surface area contributed by atoms with Gasteiger partial charge in [0.25, 0.3) is 0 Å². The molecule has 3 atom stereocenters. The van der Waals surface area contributed by atoms with Gasteiger partial charge in [0.2, 0.25) is 0 Å². The summed E-state index contributed by atoms with van der Waals surface area (Å²) in [7, 11) is 4.02. The predicted octanol–water partition coefficient (Wildman–Crippen LogP) is 2.92. The molecular formula is C18H22N2O. The summed E-state index contributed by atoms with van der Waals surface area (Å²) in [6.45, 7) is 2.58. The van der Waals surface area contributed by atoms with E-state index >= 15 is 0 Å². The zero-order valence-electron chi connectivity index (χ0n) is 12.8. The lowest BCUT2D eigenvalue weighted by molar-refractivity contribution is 0.200. The van der Waals surface area contributed by atoms with E-state index < -0.39 is 0 Å². The summed E-state index contributed by atoms with van der Waals surface area (Å²) in [5, 5.41) is 1.41. The second-order valence-corrected chi connectivity index (χ2v) is 7.06. The molecule has 21 heavy (non-hydrogen) atoms. The highest BCUT2D eigenvalue weighted by atomic mass is 16.5. The topological polar surface area (TPSA) is 17.4 Å². The van der Waals surface area contributed by atoms with Crippen molar-refractivity contribution in [1.82, 2.24) is 9.47 Å². The van der Waals surface area contributed by atoms with E-state index in [-0.39, 0.29) is 0 Å². The Morgan fingerprint density at radius 2 is 2.14 bits per heavy atom. The van der Waals surface area contributed by atoms with Gasteiger partial charge >= 0.3 is 0 Å². The van der Waals surface area contributed by atoms with Crippen LogP contribution in [0.15, 0.2) is 18.2 Å². The average molecular weight is 282 g/mol. The summed E-state index contributed by atoms with van der Waals surface area (Å²) >= 11 is 0. The molecule has 2 fully saturated rings. The van der Waals surface area contributed by atoms with E-state index in [2.05, 4.69) is 34.7 Å². The Labute approximate surface area is 125 Å². The number of methoxy groups -OCH3 is 1. The number of aromatic nitrogens is 1. The van der Waals surface area contributed by atoms with Crippen LogP contribution < -0.4 is 4.74 Å². The maximum atomic E-state index is 5.45. The van der Waals surface area contributed by atoms with E-state index in [0.29, 0.717) is 0 Å². The lowest BCUT2D eigenvalue weighted by atomic mass is 9.93. The first-order valence-electron chi connectivity index (χ1n) is 8.15. The summed E-state index contributed by atoms with van der Waals surface area (Å²) in [6, 6.07) is 7.37. The van der Waals surface area contributed by atoms with Crippen molar-refractivity contribution in [2.24, 2.45) is 13.0 Å². The van der Waals surface area contributed by atoms with Crippen LogP contribution in [0.25, 0.3) is 10.9 Å². The van der Waals surface area contributed by atoms with Crippen LogP contribution in [0.4, 0.5) is 0 Å². The van der Waals surface area contributed by atoms with Gasteiger partial charge in [-0.25, -0.2) is 0 Å². The predicted molar refractivity (Wildman–Crippen MR) is 84.0 cm³/mol. The van der Waals surface area contributed by atoms with Crippen molar-refractivity contribution in [2.45, 2.75) is 31.2 Å². The van der Waals surface area contributed by atoms with E-state index in [1.165, 1.54) is 43.3 Å². The average Bonchev–Trinajstić information content (AvgIpc) is 3.15. The molecule has 0 N–H and O–H groups in total. The fourth-order valence-corrected chi connectivity index (χ4v) is 5.33. The molecule has 2 aromatic rings. The Kier molecular flexibility index (Phi) is 2.33. The maximum absolute atomic E-state index is 5.45. The molecule has 1 aliphatic carbocycles. The Hall–Kier alpha value is -1.48. The fraction of sp³-hybridized carbons (Fsp3) is 0.556. The summed E-state index contributed by atoms with van der Waals surface area (Å²) < 4.78 is 7.92. The number of benzene rings is 1. The van der Waals surface area contributed by atoms with Gasteiger partial charge in [0, 0.05) is 48.7 Å². The Morgan fingerprint density at radius 3 is 2.95 bits per heavy atom. The summed E-state index contributed by atoms with van der Waals surface area (Å²) in [4.78, 5) is 2.75. The Balaban J connectivity index is 1.76. The van der Waals surface area contributed by atoms with Crippen molar-refractivity contribution in [3.63, 3.8) is 0 Å². The SMILES string of the molecule is COc1ccc2c(c1)c1c(n2C)C2CC3CC2N(CC1)C3. The zero-order chi connectivity index (χ0) is 14.1. The molecule has 0 radical (unpaired) electrons. The van der Waals surface area contributed by atoms with Crippen LogP contribution in [-0.2, 0) is 13.5 Å². The third-order valence-corrected chi connectivity index (χ3v) is 6.15. The molecule has 1 aromatic carbocycles. The van der Waals surface area contributed by atoms with Gasteiger partial charge in [-0.1, -0.05) is 0 Å². The zero-order valence-corrected chi connectivity index (χ0v) is 12.8. The van der Waals surface area contributed by atoms with Crippen molar-refractivity contribution in [1.29, 1.82) is 0 Å². The molecule has 2 bridgehead atoms. The van der Waals surface area contributed by atoms with Crippen molar-refractivity contribution >= 4 is 10.9 Å². The lowest BCUT2D eigenvalue weighted by Crippen LogP contribution is -2.36. The van der Waals surface area contributed by atoms with Gasteiger partial charge in [-0.15, -0.1) is 0 Å². The molecule has 3 heteroatoms. The monoisotopic (exact) mass is 282 g/mol. The second-order valence-electron chi connectivity index (χ2n) is 7.06. The molecule has 110 valence electrons. The molecule has 3 aliphatic rings. The highest BCUT2D eigenvalue weighted by Gasteiger charge is 2.48. The highest BCUT2D eigenvalue weighted by Crippen LogP contribution is 2.51. The third kappa shape index (κ3) is 1.48. The maximum Gasteiger partial charge on any atom is 0.119 e. The number of rotatable bonds is 1. The number of fused-ring (bicyclic) bond motifs is 5. The molecule has 2 aliphatic heterocycles. The van der Waals surface area contributed by atoms with Gasteiger partial charge in [-0.05, 0) is 48.9 Å². The molecule has 3 nitrogen and oxygen atoms in total. The van der Waals surface area contributed by atoms with Gasteiger partial charge in [-0.2, -0.15) is 0 Å². The van der Waals surface area contributed by atoms with Crippen LogP contribution in [0, 0.1) is 5.92 Å². The van der Waals surface area contributed by atoms with Crippen molar-refractivity contribution in [3.05, 3.63) is 29.5 Å². The number of piperidine rings is 1. The van der Waals surface area contributed by atoms with E-state index in [0.717, 1.165) is 23.6 Å². The minimum atomic E-state index is 0.754. The highest BCUT2D eigenvalue weighted by molar-refractivity contribution is 5.87. The van der Waals surface area contributed by atoms with Gasteiger partial charge in [0.15, 0.2) is 0 Å². The van der Waals surface area contributed by atoms with E-state index in [9.17, 15) is 0 Å². The van der Waals surface area contributed by atoms with E-state index in [4.69, 9.17) is 4.74 Å². The standard InChI is InChI=1S/C18H22N2O/c1-19-16-4-3-12(21-2)9-14(16)13-5-6-20-10-11-7-15(18(13)19)17(20)8-11/h3-4,9,11,15,17H,5-8,10H2,1-2H3. The molecular weight excluding hydrogens is 260 g/mol. The van der Waals surface area contributed by atoms with Crippen molar-refractivity contribution in [3.8, 4) is 5.75 Å². The lowest BCUT2D eigenvalue weighted by Gasteiger charge is -2.31. The number of aryl methyl sites for hydroxylation is 1. The molecule has 0 spiro atoms. The minimum Gasteiger partial charge on any atom is -0.497 e. The molecule has 3 heterocycles. The molecule has 3 unspecified atom stereocenters. The van der Waals surface area contributed by atoms with Crippen LogP contribution in [0.1, 0.15) is 30.0 Å². The Morgan fingerprint density at radius 1 is 1.24 bits per heavy atom. The molecule has 5 rings (SSSR count). The van der Waals surface area contributed by atoms with Crippen molar-refractivity contribution in [2.75, 3.05) is 20.2 Å². The Bertz CT molecular complexity index is 732. The summed E-state index contributed by atoms with van der Waals surface area (Å²) in [5.74, 6) is 2.68. The third-order valence-electron chi connectivity index (χ3n) is 6.15. The first-order valence-corrected chi connectivity index (χ1v) is 8.15. The first-order chi connectivity index (χ1) is 10.3. The minimum absolute atomic E-state index is 0.754. The largest absolute Gasteiger partial charge is 0.497 e. The quantitative estimate of drug-likeness (QED) is 0.800. The van der Waals surface area contributed by atoms with Crippen LogP contribution in [0.5, 0.6) is 5.75 Å².